The molecule has 166 valence electrons. The first-order valence-corrected chi connectivity index (χ1v) is 12.0. The molecule has 1 aromatic heterocycles. The molecule has 4 rings (SSSR count). The van der Waals surface area contributed by atoms with E-state index < -0.39 is 0 Å². The Kier molecular flexibility index (Phi) is 6.93. The Morgan fingerprint density at radius 3 is 2.77 bits per heavy atom. The molecular formula is C23H32N6OS. The summed E-state index contributed by atoms with van der Waals surface area (Å²) in [6, 6.07) is 10.9. The zero-order valence-electron chi connectivity index (χ0n) is 18.5. The van der Waals surface area contributed by atoms with Gasteiger partial charge < -0.3 is 15.1 Å². The summed E-state index contributed by atoms with van der Waals surface area (Å²) < 4.78 is 5.84. The standard InChI is InChI=1S/C23H32N6OS/c1-27(2)23(30)25-18-9-7-17(8-10-18)11-12-28-13-14-29(19(15-24)16-28)22-20-5-3-4-6-21(20)31-26-22/h3-6,17-19H,7-14,16H2,1-2H3,(H,25,30)/t17-,18-,19-/m1/s1. The number of carbonyl (C=O) groups is 1. The van der Waals surface area contributed by atoms with Crippen molar-refractivity contribution in [2.45, 2.75) is 44.2 Å². The number of hydrogen-bond acceptors (Lipinski definition) is 6. The molecule has 1 aliphatic carbocycles. The Balaban J connectivity index is 1.26. The molecular weight excluding hydrogens is 408 g/mol. The highest BCUT2D eigenvalue weighted by atomic mass is 32.1. The van der Waals surface area contributed by atoms with E-state index in [1.54, 1.807) is 19.0 Å². The van der Waals surface area contributed by atoms with Crippen LogP contribution in [0.2, 0.25) is 0 Å². The second-order valence-electron chi connectivity index (χ2n) is 8.99. The van der Waals surface area contributed by atoms with E-state index in [0.29, 0.717) is 12.0 Å². The van der Waals surface area contributed by atoms with Crippen LogP contribution in [-0.4, -0.2) is 72.6 Å². The largest absolute Gasteiger partial charge is 0.337 e. The number of benzene rings is 1. The van der Waals surface area contributed by atoms with Gasteiger partial charge >= 0.3 is 6.03 Å². The van der Waals surface area contributed by atoms with Gasteiger partial charge in [0, 0.05) is 45.2 Å². The molecule has 0 bridgehead atoms. The lowest BCUT2D eigenvalue weighted by Crippen LogP contribution is -2.53. The van der Waals surface area contributed by atoms with Gasteiger partial charge in [0.2, 0.25) is 0 Å². The van der Waals surface area contributed by atoms with Crippen molar-refractivity contribution in [3.05, 3.63) is 24.3 Å². The fraction of sp³-hybridized carbons (Fsp3) is 0.609. The van der Waals surface area contributed by atoms with Gasteiger partial charge in [-0.2, -0.15) is 9.64 Å². The fourth-order valence-electron chi connectivity index (χ4n) is 4.75. The maximum atomic E-state index is 11.8. The third-order valence-corrected chi connectivity index (χ3v) is 7.50. The minimum Gasteiger partial charge on any atom is -0.337 e. The summed E-state index contributed by atoms with van der Waals surface area (Å²) in [6.45, 7) is 3.63. The van der Waals surface area contributed by atoms with Crippen molar-refractivity contribution in [2.24, 2.45) is 5.92 Å². The lowest BCUT2D eigenvalue weighted by atomic mass is 9.84. The average Bonchev–Trinajstić information content (AvgIpc) is 3.22. The Labute approximate surface area is 188 Å². The highest BCUT2D eigenvalue weighted by molar-refractivity contribution is 7.13. The number of nitrogens with one attached hydrogen (secondary N) is 1. The number of urea groups is 1. The third-order valence-electron chi connectivity index (χ3n) is 6.68. The number of piperazine rings is 1. The summed E-state index contributed by atoms with van der Waals surface area (Å²) in [4.78, 5) is 18.1. The van der Waals surface area contributed by atoms with Crippen LogP contribution in [-0.2, 0) is 0 Å². The summed E-state index contributed by atoms with van der Waals surface area (Å²) in [5, 5.41) is 14.1. The highest BCUT2D eigenvalue weighted by Crippen LogP contribution is 2.32. The summed E-state index contributed by atoms with van der Waals surface area (Å²) in [5.41, 5.74) is 0. The van der Waals surface area contributed by atoms with Gasteiger partial charge in [0.1, 0.15) is 6.04 Å². The molecule has 0 spiro atoms. The lowest BCUT2D eigenvalue weighted by Gasteiger charge is -2.39. The molecule has 0 unspecified atom stereocenters. The van der Waals surface area contributed by atoms with Gasteiger partial charge in [-0.25, -0.2) is 4.79 Å². The second kappa shape index (κ2) is 9.84. The van der Waals surface area contributed by atoms with Gasteiger partial charge in [-0.15, -0.1) is 0 Å². The highest BCUT2D eigenvalue weighted by Gasteiger charge is 2.30. The van der Waals surface area contributed by atoms with Crippen LogP contribution in [0.3, 0.4) is 0 Å². The number of carbonyl (C=O) groups excluding carboxylic acids is 1. The molecule has 8 heteroatoms. The van der Waals surface area contributed by atoms with Crippen LogP contribution in [0, 0.1) is 17.2 Å². The number of aromatic nitrogens is 1. The van der Waals surface area contributed by atoms with Crippen molar-refractivity contribution in [1.29, 1.82) is 5.26 Å². The first kappa shape index (κ1) is 21.8. The zero-order valence-corrected chi connectivity index (χ0v) is 19.3. The molecule has 2 amide bonds. The van der Waals surface area contributed by atoms with E-state index >= 15 is 0 Å². The van der Waals surface area contributed by atoms with E-state index in [-0.39, 0.29) is 12.1 Å². The first-order valence-electron chi connectivity index (χ1n) is 11.3. The van der Waals surface area contributed by atoms with E-state index in [9.17, 15) is 10.1 Å². The number of rotatable bonds is 5. The number of anilines is 1. The Morgan fingerprint density at radius 2 is 2.03 bits per heavy atom. The minimum absolute atomic E-state index is 0.0109. The number of amides is 2. The minimum atomic E-state index is -0.156. The van der Waals surface area contributed by atoms with Crippen LogP contribution < -0.4 is 10.2 Å². The average molecular weight is 441 g/mol. The molecule has 1 aromatic carbocycles. The maximum absolute atomic E-state index is 11.8. The van der Waals surface area contributed by atoms with E-state index in [1.165, 1.54) is 35.5 Å². The van der Waals surface area contributed by atoms with Crippen LogP contribution in [0.4, 0.5) is 10.6 Å². The van der Waals surface area contributed by atoms with Gasteiger partial charge in [-0.05, 0) is 68.2 Å². The molecule has 1 saturated carbocycles. The molecule has 2 aromatic rings. The normalized spacial score (nSPS) is 24.7. The van der Waals surface area contributed by atoms with Crippen molar-refractivity contribution < 1.29 is 4.79 Å². The topological polar surface area (TPSA) is 75.5 Å². The fourth-order valence-corrected chi connectivity index (χ4v) is 5.54. The summed E-state index contributed by atoms with van der Waals surface area (Å²) in [7, 11) is 3.57. The van der Waals surface area contributed by atoms with E-state index in [0.717, 1.165) is 50.2 Å². The van der Waals surface area contributed by atoms with Gasteiger partial charge in [0.15, 0.2) is 5.82 Å². The number of nitrogens with zero attached hydrogens (tertiary/aromatic N) is 5. The van der Waals surface area contributed by atoms with E-state index in [1.807, 2.05) is 12.1 Å². The molecule has 0 radical (unpaired) electrons. The van der Waals surface area contributed by atoms with Crippen molar-refractivity contribution in [2.75, 3.05) is 45.2 Å². The van der Waals surface area contributed by atoms with Crippen molar-refractivity contribution >= 4 is 33.5 Å². The molecule has 2 aliphatic rings. The number of fused-ring (bicyclic) bond motifs is 1. The maximum Gasteiger partial charge on any atom is 0.317 e. The molecule has 1 atom stereocenters. The van der Waals surface area contributed by atoms with Gasteiger partial charge in [0.05, 0.1) is 10.8 Å². The molecule has 1 saturated heterocycles. The Morgan fingerprint density at radius 1 is 1.26 bits per heavy atom. The SMILES string of the molecule is CN(C)C(=O)N[C@H]1CC[C@H](CCN2CCN(c3nsc4ccccc34)[C@H](C#N)C2)CC1. The van der Waals surface area contributed by atoms with Crippen molar-refractivity contribution in [3.63, 3.8) is 0 Å². The number of nitriles is 1. The van der Waals surface area contributed by atoms with Crippen LogP contribution in [0.25, 0.3) is 10.1 Å². The third kappa shape index (κ3) is 5.10. The van der Waals surface area contributed by atoms with Gasteiger partial charge in [-0.3, -0.25) is 4.90 Å². The van der Waals surface area contributed by atoms with Gasteiger partial charge in [-0.1, -0.05) is 12.1 Å². The lowest BCUT2D eigenvalue weighted by molar-refractivity contribution is 0.190. The van der Waals surface area contributed by atoms with E-state index in [4.69, 9.17) is 0 Å². The summed E-state index contributed by atoms with van der Waals surface area (Å²) >= 11 is 1.51. The van der Waals surface area contributed by atoms with Crippen molar-refractivity contribution in [3.8, 4) is 6.07 Å². The molecule has 7 nitrogen and oxygen atoms in total. The van der Waals surface area contributed by atoms with Crippen LogP contribution >= 0.6 is 11.5 Å². The van der Waals surface area contributed by atoms with Gasteiger partial charge in [0.25, 0.3) is 0 Å². The van der Waals surface area contributed by atoms with Crippen molar-refractivity contribution in [1.82, 2.24) is 19.5 Å². The molecule has 31 heavy (non-hydrogen) atoms. The molecule has 2 fully saturated rings. The second-order valence-corrected chi connectivity index (χ2v) is 9.80. The van der Waals surface area contributed by atoms with Crippen LogP contribution in [0.15, 0.2) is 24.3 Å². The van der Waals surface area contributed by atoms with E-state index in [2.05, 4.69) is 37.7 Å². The van der Waals surface area contributed by atoms with Crippen LogP contribution in [0.5, 0.6) is 0 Å². The Bertz CT molecular complexity index is 930. The quantitative estimate of drug-likeness (QED) is 0.770. The van der Waals surface area contributed by atoms with Crippen LogP contribution in [0.1, 0.15) is 32.1 Å². The summed E-state index contributed by atoms with van der Waals surface area (Å²) in [6.07, 6.45) is 5.65. The Hall–Kier alpha value is -2.37. The zero-order chi connectivity index (χ0) is 21.8. The molecule has 1 N–H and O–H groups in total. The first-order chi connectivity index (χ1) is 15.0. The molecule has 2 heterocycles. The smallest absolute Gasteiger partial charge is 0.317 e. The molecule has 1 aliphatic heterocycles. The predicted molar refractivity (Wildman–Crippen MR) is 125 cm³/mol. The summed E-state index contributed by atoms with van der Waals surface area (Å²) in [5.74, 6) is 1.68. The predicted octanol–water partition coefficient (Wildman–Crippen LogP) is 3.53. The number of hydrogen-bond donors (Lipinski definition) is 1. The monoisotopic (exact) mass is 440 g/mol.